The average Bonchev–Trinajstić information content (AvgIpc) is 2.63. The molecule has 0 radical (unpaired) electrons. The Hall–Kier alpha value is -2.11. The lowest BCUT2D eigenvalue weighted by Gasteiger charge is -2.20. The average molecular weight is 398 g/mol. The summed E-state index contributed by atoms with van der Waals surface area (Å²) in [5.41, 5.74) is 1.54. The highest BCUT2D eigenvalue weighted by molar-refractivity contribution is 6.35. The Balaban J connectivity index is 2.18. The topological polar surface area (TPSA) is 48.0 Å². The number of rotatable bonds is 7. The van der Waals surface area contributed by atoms with Crippen LogP contribution in [0.15, 0.2) is 30.3 Å². The van der Waals surface area contributed by atoms with Crippen molar-refractivity contribution in [1.29, 1.82) is 0 Å². The summed E-state index contributed by atoms with van der Waals surface area (Å²) < 4.78 is 16.1. The zero-order valence-corrected chi connectivity index (χ0v) is 16.6. The zero-order valence-electron chi connectivity index (χ0n) is 15.1. The minimum Gasteiger partial charge on any atom is -0.493 e. The van der Waals surface area contributed by atoms with Crippen LogP contribution in [0, 0.1) is 0 Å². The minimum atomic E-state index is -0.0819. The summed E-state index contributed by atoms with van der Waals surface area (Å²) in [4.78, 5) is 14.2. The highest BCUT2D eigenvalue weighted by Gasteiger charge is 2.19. The van der Waals surface area contributed by atoms with E-state index in [4.69, 9.17) is 37.4 Å². The lowest BCUT2D eigenvalue weighted by Crippen LogP contribution is -2.28. The van der Waals surface area contributed by atoms with Crippen molar-refractivity contribution in [2.45, 2.75) is 13.0 Å². The van der Waals surface area contributed by atoms with Crippen molar-refractivity contribution in [3.05, 3.63) is 51.5 Å². The number of halogens is 2. The molecule has 0 aromatic heterocycles. The summed E-state index contributed by atoms with van der Waals surface area (Å²) in [5, 5.41) is 1.09. The molecule has 0 saturated carbocycles. The number of hydrogen-bond donors (Lipinski definition) is 0. The number of hydrogen-bond acceptors (Lipinski definition) is 4. The minimum absolute atomic E-state index is 0.0819. The molecule has 26 heavy (non-hydrogen) atoms. The van der Waals surface area contributed by atoms with Gasteiger partial charge in [-0.2, -0.15) is 0 Å². The number of likely N-dealkylation sites (N-methyl/N-ethyl adjacent to an activating group) is 1. The Bertz CT molecular complexity index is 795. The second-order valence-electron chi connectivity index (χ2n) is 5.66. The summed E-state index contributed by atoms with van der Waals surface area (Å²) in [6.07, 6.45) is 0.158. The molecule has 0 heterocycles. The van der Waals surface area contributed by atoms with Crippen LogP contribution in [0.4, 0.5) is 0 Å². The summed E-state index contributed by atoms with van der Waals surface area (Å²) in [7, 11) is 6.33. The highest BCUT2D eigenvalue weighted by atomic mass is 35.5. The molecule has 7 heteroatoms. The van der Waals surface area contributed by atoms with Crippen molar-refractivity contribution >= 4 is 29.1 Å². The van der Waals surface area contributed by atoms with E-state index in [0.717, 1.165) is 5.56 Å². The molecule has 0 bridgehead atoms. The van der Waals surface area contributed by atoms with Gasteiger partial charge in [-0.15, -0.1) is 0 Å². The van der Waals surface area contributed by atoms with Gasteiger partial charge in [0.1, 0.15) is 0 Å². The highest BCUT2D eigenvalue weighted by Crippen LogP contribution is 2.40. The third-order valence-electron chi connectivity index (χ3n) is 3.98. The number of methoxy groups -OCH3 is 3. The molecule has 0 aliphatic carbocycles. The molecule has 2 aromatic rings. The number of nitrogens with zero attached hydrogens (tertiary/aromatic N) is 1. The molecule has 0 aliphatic rings. The maximum Gasteiger partial charge on any atom is 0.227 e. The zero-order chi connectivity index (χ0) is 19.3. The molecule has 2 aromatic carbocycles. The molecule has 0 fully saturated rings. The van der Waals surface area contributed by atoms with Gasteiger partial charge in [0.25, 0.3) is 0 Å². The van der Waals surface area contributed by atoms with Crippen molar-refractivity contribution in [3.8, 4) is 17.2 Å². The van der Waals surface area contributed by atoms with Gasteiger partial charge in [-0.05, 0) is 23.8 Å². The van der Waals surface area contributed by atoms with E-state index in [1.165, 1.54) is 14.2 Å². The number of carbonyl (C=O) groups is 1. The molecule has 140 valence electrons. The van der Waals surface area contributed by atoms with Gasteiger partial charge in [0.05, 0.1) is 27.8 Å². The van der Waals surface area contributed by atoms with E-state index in [9.17, 15) is 4.79 Å². The van der Waals surface area contributed by atoms with Gasteiger partial charge in [0.15, 0.2) is 11.5 Å². The Morgan fingerprint density at radius 3 is 2.19 bits per heavy atom. The predicted octanol–water partition coefficient (Wildman–Crippen LogP) is 4.22. The maximum atomic E-state index is 12.6. The second kappa shape index (κ2) is 9.01. The molecule has 0 aliphatic heterocycles. The fourth-order valence-corrected chi connectivity index (χ4v) is 3.06. The standard InChI is InChI=1S/C19H21Cl2NO4/c1-22(11-13-5-7-14(20)10-15(13)21)17(23)9-12-6-8-16(24-2)19(26-4)18(12)25-3/h5-8,10H,9,11H2,1-4H3. The molecule has 0 saturated heterocycles. The Kier molecular flexibility index (Phi) is 7.00. The van der Waals surface area contributed by atoms with Gasteiger partial charge >= 0.3 is 0 Å². The van der Waals surface area contributed by atoms with Crippen LogP contribution >= 0.6 is 23.2 Å². The van der Waals surface area contributed by atoms with Crippen molar-refractivity contribution in [2.75, 3.05) is 28.4 Å². The van der Waals surface area contributed by atoms with Crippen LogP contribution in [0.2, 0.25) is 10.0 Å². The van der Waals surface area contributed by atoms with E-state index < -0.39 is 0 Å². The van der Waals surface area contributed by atoms with Crippen LogP contribution in [-0.4, -0.2) is 39.2 Å². The predicted molar refractivity (Wildman–Crippen MR) is 103 cm³/mol. The molecule has 0 unspecified atom stereocenters. The van der Waals surface area contributed by atoms with Gasteiger partial charge < -0.3 is 19.1 Å². The van der Waals surface area contributed by atoms with E-state index in [2.05, 4.69) is 0 Å². The molecule has 2 rings (SSSR count). The second-order valence-corrected chi connectivity index (χ2v) is 6.50. The first-order chi connectivity index (χ1) is 12.4. The third-order valence-corrected chi connectivity index (χ3v) is 4.56. The van der Waals surface area contributed by atoms with Crippen LogP contribution in [0.5, 0.6) is 17.2 Å². The smallest absolute Gasteiger partial charge is 0.227 e. The van der Waals surface area contributed by atoms with Gasteiger partial charge in [0.2, 0.25) is 11.7 Å². The molecule has 0 N–H and O–H groups in total. The van der Waals surface area contributed by atoms with Crippen LogP contribution in [-0.2, 0) is 17.8 Å². The Morgan fingerprint density at radius 2 is 1.62 bits per heavy atom. The fourth-order valence-electron chi connectivity index (χ4n) is 2.59. The summed E-state index contributed by atoms with van der Waals surface area (Å²) in [6, 6.07) is 8.76. The van der Waals surface area contributed by atoms with E-state index in [1.807, 2.05) is 6.07 Å². The summed E-state index contributed by atoms with van der Waals surface area (Å²) in [6.45, 7) is 0.379. The van der Waals surface area contributed by atoms with Crippen LogP contribution in [0.25, 0.3) is 0 Å². The summed E-state index contributed by atoms with van der Waals surface area (Å²) >= 11 is 12.1. The van der Waals surface area contributed by atoms with E-state index in [-0.39, 0.29) is 12.3 Å². The van der Waals surface area contributed by atoms with E-state index in [1.54, 1.807) is 43.3 Å². The van der Waals surface area contributed by atoms with Gasteiger partial charge in [-0.3, -0.25) is 4.79 Å². The molecule has 0 spiro atoms. The monoisotopic (exact) mass is 397 g/mol. The first-order valence-corrected chi connectivity index (χ1v) is 8.62. The number of carbonyl (C=O) groups excluding carboxylic acids is 1. The Labute approximate surface area is 163 Å². The van der Waals surface area contributed by atoms with E-state index >= 15 is 0 Å². The van der Waals surface area contributed by atoms with Crippen molar-refractivity contribution in [1.82, 2.24) is 4.90 Å². The van der Waals surface area contributed by atoms with Crippen molar-refractivity contribution < 1.29 is 19.0 Å². The quantitative estimate of drug-likeness (QED) is 0.701. The third kappa shape index (κ3) is 4.54. The molecule has 1 amide bonds. The van der Waals surface area contributed by atoms with Gasteiger partial charge in [-0.1, -0.05) is 35.3 Å². The number of ether oxygens (including phenoxy) is 3. The fraction of sp³-hybridized carbons (Fsp3) is 0.316. The first kappa shape index (κ1) is 20.2. The maximum absolute atomic E-state index is 12.6. The van der Waals surface area contributed by atoms with Crippen molar-refractivity contribution in [3.63, 3.8) is 0 Å². The molecular formula is C19H21Cl2NO4. The molecular weight excluding hydrogens is 377 g/mol. The van der Waals surface area contributed by atoms with Crippen LogP contribution in [0.3, 0.4) is 0 Å². The lowest BCUT2D eigenvalue weighted by atomic mass is 10.1. The van der Waals surface area contributed by atoms with Gasteiger partial charge in [-0.25, -0.2) is 0 Å². The van der Waals surface area contributed by atoms with Gasteiger partial charge in [0, 0.05) is 29.2 Å². The molecule has 5 nitrogen and oxygen atoms in total. The number of amides is 1. The summed E-state index contributed by atoms with van der Waals surface area (Å²) in [5.74, 6) is 1.41. The lowest BCUT2D eigenvalue weighted by molar-refractivity contribution is -0.129. The Morgan fingerprint density at radius 1 is 0.962 bits per heavy atom. The normalized spacial score (nSPS) is 10.4. The van der Waals surface area contributed by atoms with Crippen molar-refractivity contribution in [2.24, 2.45) is 0 Å². The number of benzene rings is 2. The van der Waals surface area contributed by atoms with Crippen LogP contribution in [0.1, 0.15) is 11.1 Å². The first-order valence-electron chi connectivity index (χ1n) is 7.87. The largest absolute Gasteiger partial charge is 0.493 e. The molecule has 0 atom stereocenters. The van der Waals surface area contributed by atoms with E-state index in [0.29, 0.717) is 39.4 Å². The SMILES string of the molecule is COc1ccc(CC(=O)N(C)Cc2ccc(Cl)cc2Cl)c(OC)c1OC. The van der Waals surface area contributed by atoms with Crippen LogP contribution < -0.4 is 14.2 Å².